The Kier molecular flexibility index (Phi) is 5.62. The quantitative estimate of drug-likeness (QED) is 0.654. The predicted octanol–water partition coefficient (Wildman–Crippen LogP) is 3.29. The van der Waals surface area contributed by atoms with Crippen LogP contribution in [0.3, 0.4) is 0 Å². The van der Waals surface area contributed by atoms with E-state index < -0.39 is 0 Å². The summed E-state index contributed by atoms with van der Waals surface area (Å²) < 4.78 is 0. The molecule has 0 fully saturated rings. The van der Waals surface area contributed by atoms with Crippen molar-refractivity contribution in [3.05, 3.63) is 24.3 Å². The van der Waals surface area contributed by atoms with E-state index in [4.69, 9.17) is 0 Å². The molecule has 1 nitrogen and oxygen atoms in total. The lowest BCUT2D eigenvalue weighted by atomic mass is 9.96. The van der Waals surface area contributed by atoms with Crippen molar-refractivity contribution < 1.29 is 0 Å². The Morgan fingerprint density at radius 1 is 1.14 bits per heavy atom. The third kappa shape index (κ3) is 3.67. The molecule has 0 amide bonds. The second-order valence-electron chi connectivity index (χ2n) is 4.05. The Labute approximate surface area is 88.3 Å². The highest BCUT2D eigenvalue weighted by molar-refractivity contribution is 5.19. The summed E-state index contributed by atoms with van der Waals surface area (Å²) in [6.45, 7) is 5.63. The summed E-state index contributed by atoms with van der Waals surface area (Å²) in [6.07, 6.45) is 14.1. The number of unbranched alkanes of at least 4 members (excludes halogenated alkanes) is 1. The summed E-state index contributed by atoms with van der Waals surface area (Å²) >= 11 is 0. The molecule has 14 heavy (non-hydrogen) atoms. The van der Waals surface area contributed by atoms with Gasteiger partial charge in [0.2, 0.25) is 0 Å². The summed E-state index contributed by atoms with van der Waals surface area (Å²) in [5.74, 6) is 0.632. The van der Waals surface area contributed by atoms with Gasteiger partial charge in [0.05, 0.1) is 0 Å². The summed E-state index contributed by atoms with van der Waals surface area (Å²) in [4.78, 5) is 0. The molecule has 1 rings (SSSR count). The zero-order valence-electron chi connectivity index (χ0n) is 9.50. The van der Waals surface area contributed by atoms with Gasteiger partial charge in [0.1, 0.15) is 0 Å². The van der Waals surface area contributed by atoms with Crippen LogP contribution in [0.25, 0.3) is 0 Å². The highest BCUT2D eigenvalue weighted by Crippen LogP contribution is 2.18. The van der Waals surface area contributed by atoms with Crippen molar-refractivity contribution in [2.45, 2.75) is 45.6 Å². The first-order chi connectivity index (χ1) is 6.88. The SMILES string of the molecule is CCCCC(NCCC)C1C=CC=C1. The highest BCUT2D eigenvalue weighted by Gasteiger charge is 2.16. The zero-order valence-corrected chi connectivity index (χ0v) is 9.50. The van der Waals surface area contributed by atoms with Crippen molar-refractivity contribution in [1.29, 1.82) is 0 Å². The lowest BCUT2D eigenvalue weighted by Gasteiger charge is -2.22. The Morgan fingerprint density at radius 3 is 2.43 bits per heavy atom. The molecule has 0 aliphatic heterocycles. The third-order valence-electron chi connectivity index (χ3n) is 2.77. The molecule has 0 saturated carbocycles. The first-order valence-electron chi connectivity index (χ1n) is 5.96. The Balaban J connectivity index is 2.35. The molecule has 1 atom stereocenters. The van der Waals surface area contributed by atoms with E-state index in [2.05, 4.69) is 43.5 Å². The maximum absolute atomic E-state index is 3.64. The van der Waals surface area contributed by atoms with E-state index in [9.17, 15) is 0 Å². The van der Waals surface area contributed by atoms with Gasteiger partial charge in [0.25, 0.3) is 0 Å². The standard InChI is InChI=1S/C13H23N/c1-3-5-10-13(14-11-4-2)12-8-6-7-9-12/h6-9,12-14H,3-5,10-11H2,1-2H3. The fourth-order valence-corrected chi connectivity index (χ4v) is 1.90. The maximum atomic E-state index is 3.64. The lowest BCUT2D eigenvalue weighted by Crippen LogP contribution is -2.34. The summed E-state index contributed by atoms with van der Waals surface area (Å²) in [5.41, 5.74) is 0. The van der Waals surface area contributed by atoms with Crippen molar-refractivity contribution in [2.24, 2.45) is 5.92 Å². The molecule has 1 aliphatic carbocycles. The number of nitrogens with one attached hydrogen (secondary N) is 1. The number of hydrogen-bond donors (Lipinski definition) is 1. The van der Waals surface area contributed by atoms with Crippen molar-refractivity contribution in [2.75, 3.05) is 6.54 Å². The van der Waals surface area contributed by atoms with Crippen LogP contribution in [-0.4, -0.2) is 12.6 Å². The monoisotopic (exact) mass is 193 g/mol. The van der Waals surface area contributed by atoms with Crippen LogP contribution in [0.15, 0.2) is 24.3 Å². The molecule has 80 valence electrons. The van der Waals surface area contributed by atoms with Gasteiger partial charge in [0.15, 0.2) is 0 Å². The van der Waals surface area contributed by atoms with Crippen LogP contribution in [0.2, 0.25) is 0 Å². The van der Waals surface area contributed by atoms with Crippen molar-refractivity contribution in [3.8, 4) is 0 Å². The van der Waals surface area contributed by atoms with Crippen LogP contribution in [0, 0.1) is 5.92 Å². The fourth-order valence-electron chi connectivity index (χ4n) is 1.90. The van der Waals surface area contributed by atoms with Crippen LogP contribution in [0.1, 0.15) is 39.5 Å². The summed E-state index contributed by atoms with van der Waals surface area (Å²) in [6, 6.07) is 0.657. The average molecular weight is 193 g/mol. The molecule has 0 aromatic heterocycles. The van der Waals surface area contributed by atoms with Gasteiger partial charge in [-0.1, -0.05) is 51.0 Å². The van der Waals surface area contributed by atoms with Crippen LogP contribution < -0.4 is 5.32 Å². The van der Waals surface area contributed by atoms with Crippen LogP contribution in [0.5, 0.6) is 0 Å². The number of hydrogen-bond acceptors (Lipinski definition) is 1. The van der Waals surface area contributed by atoms with Gasteiger partial charge in [0, 0.05) is 12.0 Å². The van der Waals surface area contributed by atoms with E-state index in [-0.39, 0.29) is 0 Å². The minimum Gasteiger partial charge on any atom is -0.313 e. The molecule has 0 spiro atoms. The molecule has 0 aromatic carbocycles. The molecule has 1 N–H and O–H groups in total. The second-order valence-corrected chi connectivity index (χ2v) is 4.05. The predicted molar refractivity (Wildman–Crippen MR) is 63.4 cm³/mol. The van der Waals surface area contributed by atoms with E-state index in [0.29, 0.717) is 12.0 Å². The normalized spacial score (nSPS) is 17.9. The van der Waals surface area contributed by atoms with Gasteiger partial charge in [-0.15, -0.1) is 0 Å². The van der Waals surface area contributed by atoms with Gasteiger partial charge in [-0.05, 0) is 19.4 Å². The molecular formula is C13H23N. The summed E-state index contributed by atoms with van der Waals surface area (Å²) in [7, 11) is 0. The van der Waals surface area contributed by atoms with Crippen molar-refractivity contribution in [3.63, 3.8) is 0 Å². The van der Waals surface area contributed by atoms with E-state index in [1.165, 1.54) is 25.7 Å². The van der Waals surface area contributed by atoms with Crippen molar-refractivity contribution in [1.82, 2.24) is 5.32 Å². The highest BCUT2D eigenvalue weighted by atomic mass is 14.9. The van der Waals surface area contributed by atoms with Gasteiger partial charge in [-0.25, -0.2) is 0 Å². The van der Waals surface area contributed by atoms with Gasteiger partial charge >= 0.3 is 0 Å². The number of rotatable bonds is 7. The molecule has 1 heteroatoms. The Bertz CT molecular complexity index is 173. The smallest absolute Gasteiger partial charge is 0.0165 e. The molecule has 1 unspecified atom stereocenters. The van der Waals surface area contributed by atoms with Crippen LogP contribution in [0.4, 0.5) is 0 Å². The molecule has 0 bridgehead atoms. The van der Waals surface area contributed by atoms with E-state index >= 15 is 0 Å². The van der Waals surface area contributed by atoms with Crippen LogP contribution >= 0.6 is 0 Å². The molecule has 0 radical (unpaired) electrons. The first kappa shape index (κ1) is 11.5. The minimum absolute atomic E-state index is 0.632. The fraction of sp³-hybridized carbons (Fsp3) is 0.692. The molecule has 0 heterocycles. The summed E-state index contributed by atoms with van der Waals surface area (Å²) in [5, 5.41) is 3.64. The van der Waals surface area contributed by atoms with Crippen LogP contribution in [-0.2, 0) is 0 Å². The molecule has 0 saturated heterocycles. The number of allylic oxidation sites excluding steroid dienone is 2. The Morgan fingerprint density at radius 2 is 1.86 bits per heavy atom. The molecule has 1 aliphatic rings. The van der Waals surface area contributed by atoms with E-state index in [1.807, 2.05) is 0 Å². The molecule has 0 aromatic rings. The third-order valence-corrected chi connectivity index (χ3v) is 2.77. The maximum Gasteiger partial charge on any atom is 0.0165 e. The van der Waals surface area contributed by atoms with Crippen molar-refractivity contribution >= 4 is 0 Å². The Hall–Kier alpha value is -0.560. The first-order valence-corrected chi connectivity index (χ1v) is 5.96. The average Bonchev–Trinajstić information content (AvgIpc) is 2.71. The minimum atomic E-state index is 0.632. The van der Waals surface area contributed by atoms with E-state index in [1.54, 1.807) is 0 Å². The zero-order chi connectivity index (χ0) is 10.2. The largest absolute Gasteiger partial charge is 0.313 e. The van der Waals surface area contributed by atoms with Gasteiger partial charge < -0.3 is 5.32 Å². The van der Waals surface area contributed by atoms with Gasteiger partial charge in [-0.2, -0.15) is 0 Å². The van der Waals surface area contributed by atoms with Gasteiger partial charge in [-0.3, -0.25) is 0 Å². The second kappa shape index (κ2) is 6.83. The van der Waals surface area contributed by atoms with E-state index in [0.717, 1.165) is 6.54 Å². The topological polar surface area (TPSA) is 12.0 Å². The lowest BCUT2D eigenvalue weighted by molar-refractivity contribution is 0.419. The molecular weight excluding hydrogens is 170 g/mol.